The fourth-order valence-corrected chi connectivity index (χ4v) is 2.05. The highest BCUT2D eigenvalue weighted by Crippen LogP contribution is 2.20. The molecule has 0 aliphatic heterocycles. The fourth-order valence-electron chi connectivity index (χ4n) is 1.58. The smallest absolute Gasteiger partial charge is 0.422 e. The normalized spacial score (nSPS) is 11.2. The monoisotopic (exact) mass is 371 g/mol. The van der Waals surface area contributed by atoms with Gasteiger partial charge in [-0.3, -0.25) is 9.59 Å². The molecule has 0 unspecified atom stereocenters. The lowest BCUT2D eigenvalue weighted by atomic mass is 10.2. The molecule has 0 heterocycles. The third-order valence-electron chi connectivity index (χ3n) is 2.67. The second kappa shape index (κ2) is 8.98. The van der Waals surface area contributed by atoms with Gasteiger partial charge in [0.1, 0.15) is 0 Å². The van der Waals surface area contributed by atoms with Crippen LogP contribution in [0.5, 0.6) is 0 Å². The first-order valence-corrected chi connectivity index (χ1v) is 7.36. The molecule has 0 saturated heterocycles. The van der Waals surface area contributed by atoms with Gasteiger partial charge >= 0.3 is 12.1 Å². The lowest BCUT2D eigenvalue weighted by Crippen LogP contribution is -2.23. The van der Waals surface area contributed by atoms with Crippen LogP contribution < -0.4 is 5.32 Å². The summed E-state index contributed by atoms with van der Waals surface area (Å²) < 4.78 is 39.5. The zero-order chi connectivity index (χ0) is 17.5. The lowest BCUT2D eigenvalue weighted by molar-refractivity contribution is -0.186. The van der Waals surface area contributed by atoms with Crippen molar-refractivity contribution in [3.05, 3.63) is 33.8 Å². The number of halogens is 5. The molecule has 1 amide bonds. The van der Waals surface area contributed by atoms with Crippen LogP contribution in [0.15, 0.2) is 18.2 Å². The number of alkyl halides is 3. The summed E-state index contributed by atoms with van der Waals surface area (Å²) in [5.74, 6) is -1.34. The average Bonchev–Trinajstić information content (AvgIpc) is 2.43. The Labute approximate surface area is 140 Å². The van der Waals surface area contributed by atoms with E-state index in [1.807, 2.05) is 0 Å². The quantitative estimate of drug-likeness (QED) is 0.739. The summed E-state index contributed by atoms with van der Waals surface area (Å²) >= 11 is 11.7. The number of esters is 1. The van der Waals surface area contributed by atoms with Crippen LogP contribution in [0, 0.1) is 0 Å². The van der Waals surface area contributed by atoms with E-state index in [1.165, 1.54) is 0 Å². The number of ether oxygens (including phenoxy) is 1. The van der Waals surface area contributed by atoms with E-state index < -0.39 is 18.8 Å². The molecule has 0 bridgehead atoms. The summed E-state index contributed by atoms with van der Waals surface area (Å²) in [5, 5.41) is 3.48. The van der Waals surface area contributed by atoms with Crippen LogP contribution in [0.4, 0.5) is 13.2 Å². The maximum absolute atomic E-state index is 11.8. The van der Waals surface area contributed by atoms with E-state index in [9.17, 15) is 22.8 Å². The van der Waals surface area contributed by atoms with Crippen molar-refractivity contribution in [3.63, 3.8) is 0 Å². The average molecular weight is 372 g/mol. The van der Waals surface area contributed by atoms with Gasteiger partial charge in [-0.1, -0.05) is 29.3 Å². The Kier molecular flexibility index (Phi) is 7.64. The number of hydrogen-bond donors (Lipinski definition) is 1. The molecule has 0 aliphatic rings. The van der Waals surface area contributed by atoms with E-state index in [0.29, 0.717) is 15.6 Å². The number of amides is 1. The molecule has 1 N–H and O–H groups in total. The molecule has 0 atom stereocenters. The van der Waals surface area contributed by atoms with Crippen molar-refractivity contribution < 1.29 is 27.5 Å². The molecule has 0 aliphatic carbocycles. The Balaban J connectivity index is 2.23. The minimum atomic E-state index is -4.55. The summed E-state index contributed by atoms with van der Waals surface area (Å²) in [6, 6.07) is 4.84. The van der Waals surface area contributed by atoms with Crippen molar-refractivity contribution in [3.8, 4) is 0 Å². The van der Waals surface area contributed by atoms with Crippen LogP contribution in [-0.2, 0) is 20.9 Å². The van der Waals surface area contributed by atoms with Gasteiger partial charge in [0.2, 0.25) is 5.91 Å². The summed E-state index contributed by atoms with van der Waals surface area (Å²) in [7, 11) is 0. The fraction of sp³-hybridized carbons (Fsp3) is 0.429. The van der Waals surface area contributed by atoms with Crippen LogP contribution >= 0.6 is 23.2 Å². The molecule has 0 radical (unpaired) electrons. The van der Waals surface area contributed by atoms with Gasteiger partial charge in [-0.2, -0.15) is 13.2 Å². The van der Waals surface area contributed by atoms with E-state index in [0.717, 1.165) is 0 Å². The number of carbonyl (C=O) groups excluding carboxylic acids is 2. The predicted octanol–water partition coefficient (Wildman–Crippen LogP) is 3.89. The Morgan fingerprint density at radius 3 is 2.48 bits per heavy atom. The van der Waals surface area contributed by atoms with E-state index in [1.54, 1.807) is 18.2 Å². The molecular weight excluding hydrogens is 358 g/mol. The highest BCUT2D eigenvalue weighted by molar-refractivity contribution is 6.35. The van der Waals surface area contributed by atoms with Crippen LogP contribution in [0.2, 0.25) is 10.0 Å². The maximum atomic E-state index is 11.8. The molecule has 0 spiro atoms. The highest BCUT2D eigenvalue weighted by atomic mass is 35.5. The summed E-state index contributed by atoms with van der Waals surface area (Å²) in [6.07, 6.45) is -4.72. The van der Waals surface area contributed by atoms with E-state index in [4.69, 9.17) is 23.2 Å². The van der Waals surface area contributed by atoms with E-state index >= 15 is 0 Å². The number of benzene rings is 1. The molecule has 0 saturated carbocycles. The highest BCUT2D eigenvalue weighted by Gasteiger charge is 2.29. The van der Waals surface area contributed by atoms with Gasteiger partial charge in [0.05, 0.1) is 0 Å². The van der Waals surface area contributed by atoms with Gasteiger partial charge in [0.15, 0.2) is 6.61 Å². The zero-order valence-electron chi connectivity index (χ0n) is 11.9. The van der Waals surface area contributed by atoms with Crippen LogP contribution in [0.25, 0.3) is 0 Å². The first-order valence-electron chi connectivity index (χ1n) is 6.60. The van der Waals surface area contributed by atoms with Gasteiger partial charge in [0.25, 0.3) is 0 Å². The molecule has 23 heavy (non-hydrogen) atoms. The Hall–Kier alpha value is -1.47. The summed E-state index contributed by atoms with van der Waals surface area (Å²) in [5.41, 5.74) is 0.675. The Bertz CT molecular complexity index is 565. The Morgan fingerprint density at radius 1 is 1.17 bits per heavy atom. The largest absolute Gasteiger partial charge is 0.456 e. The predicted molar refractivity (Wildman–Crippen MR) is 79.2 cm³/mol. The van der Waals surface area contributed by atoms with Crippen molar-refractivity contribution >= 4 is 35.1 Å². The third-order valence-corrected chi connectivity index (χ3v) is 3.26. The summed E-state index contributed by atoms with van der Waals surface area (Å²) in [6.45, 7) is -1.43. The molecule has 1 aromatic rings. The second-order valence-corrected chi connectivity index (χ2v) is 5.49. The van der Waals surface area contributed by atoms with Gasteiger partial charge in [-0.15, -0.1) is 0 Å². The minimum absolute atomic E-state index is 0.00761. The van der Waals surface area contributed by atoms with Gasteiger partial charge in [-0.25, -0.2) is 0 Å². The zero-order valence-corrected chi connectivity index (χ0v) is 13.4. The first-order chi connectivity index (χ1) is 10.7. The molecular formula is C14H14Cl2F3NO3. The van der Waals surface area contributed by atoms with E-state index in [-0.39, 0.29) is 31.7 Å². The topological polar surface area (TPSA) is 55.4 Å². The third kappa shape index (κ3) is 8.66. The summed E-state index contributed by atoms with van der Waals surface area (Å²) in [4.78, 5) is 22.6. The van der Waals surface area contributed by atoms with Crippen LogP contribution in [-0.4, -0.2) is 24.7 Å². The maximum Gasteiger partial charge on any atom is 0.422 e. The molecule has 4 nitrogen and oxygen atoms in total. The molecule has 1 rings (SSSR count). The minimum Gasteiger partial charge on any atom is -0.456 e. The first kappa shape index (κ1) is 19.6. The van der Waals surface area contributed by atoms with Crippen LogP contribution in [0.3, 0.4) is 0 Å². The van der Waals surface area contributed by atoms with Crippen molar-refractivity contribution in [2.45, 2.75) is 32.0 Å². The van der Waals surface area contributed by atoms with Crippen molar-refractivity contribution in [2.75, 3.05) is 6.61 Å². The van der Waals surface area contributed by atoms with Gasteiger partial charge in [0, 0.05) is 29.4 Å². The lowest BCUT2D eigenvalue weighted by Gasteiger charge is -2.08. The van der Waals surface area contributed by atoms with Gasteiger partial charge < -0.3 is 10.1 Å². The van der Waals surface area contributed by atoms with Crippen molar-refractivity contribution in [1.29, 1.82) is 0 Å². The van der Waals surface area contributed by atoms with E-state index in [2.05, 4.69) is 10.1 Å². The standard InChI is InChI=1S/C14H14Cl2F3NO3/c15-10-5-4-9(11(16)6-10)7-20-12(21)2-1-3-13(22)23-8-14(17,18)19/h4-6H,1-3,7-8H2,(H,20,21). The number of rotatable bonds is 7. The Morgan fingerprint density at radius 2 is 1.87 bits per heavy atom. The molecule has 0 aromatic heterocycles. The van der Waals surface area contributed by atoms with Gasteiger partial charge in [-0.05, 0) is 24.1 Å². The second-order valence-electron chi connectivity index (χ2n) is 4.64. The number of hydrogen-bond acceptors (Lipinski definition) is 3. The molecule has 128 valence electrons. The molecule has 9 heteroatoms. The van der Waals surface area contributed by atoms with Crippen LogP contribution in [0.1, 0.15) is 24.8 Å². The number of nitrogens with one attached hydrogen (secondary N) is 1. The molecule has 0 fully saturated rings. The van der Waals surface area contributed by atoms with Crippen molar-refractivity contribution in [1.82, 2.24) is 5.32 Å². The number of carbonyl (C=O) groups is 2. The molecule has 1 aromatic carbocycles. The SMILES string of the molecule is O=C(CCCC(=O)OCC(F)(F)F)NCc1ccc(Cl)cc1Cl. The van der Waals surface area contributed by atoms with Crippen molar-refractivity contribution in [2.24, 2.45) is 0 Å².